The summed E-state index contributed by atoms with van der Waals surface area (Å²) in [4.78, 5) is 9.47. The Labute approximate surface area is 160 Å². The number of hydrogen-bond acceptors (Lipinski definition) is 3. The first-order valence-electron chi connectivity index (χ1n) is 8.23. The van der Waals surface area contributed by atoms with Gasteiger partial charge in [-0.2, -0.15) is 11.8 Å². The Bertz CT molecular complexity index is 491. The number of rotatable bonds is 4. The van der Waals surface area contributed by atoms with Gasteiger partial charge in [0, 0.05) is 37.2 Å². The van der Waals surface area contributed by atoms with Crippen molar-refractivity contribution in [3.63, 3.8) is 0 Å². The van der Waals surface area contributed by atoms with Crippen LogP contribution in [0, 0.1) is 0 Å². The van der Waals surface area contributed by atoms with Crippen molar-refractivity contribution in [3.05, 3.63) is 35.9 Å². The Morgan fingerprint density at radius 2 is 1.91 bits per heavy atom. The summed E-state index contributed by atoms with van der Waals surface area (Å²) in [5, 5.41) is 0. The van der Waals surface area contributed by atoms with Gasteiger partial charge in [-0.1, -0.05) is 30.3 Å². The SMILES string of the molecule is I.NC(=NCC1CCCN1Cc1ccccc1)N1CCSCC1. The Morgan fingerprint density at radius 3 is 2.65 bits per heavy atom. The zero-order valence-electron chi connectivity index (χ0n) is 13.6. The predicted molar refractivity (Wildman–Crippen MR) is 111 cm³/mol. The number of nitrogens with zero attached hydrogens (tertiary/aromatic N) is 3. The maximum absolute atomic E-state index is 6.17. The number of hydrogen-bond donors (Lipinski definition) is 1. The highest BCUT2D eigenvalue weighted by molar-refractivity contribution is 14.0. The van der Waals surface area contributed by atoms with Gasteiger partial charge in [-0.15, -0.1) is 24.0 Å². The minimum atomic E-state index is 0. The van der Waals surface area contributed by atoms with Crippen LogP contribution in [0.5, 0.6) is 0 Å². The van der Waals surface area contributed by atoms with E-state index in [4.69, 9.17) is 10.7 Å². The second-order valence-electron chi connectivity index (χ2n) is 6.05. The summed E-state index contributed by atoms with van der Waals surface area (Å²) in [6, 6.07) is 11.3. The zero-order valence-corrected chi connectivity index (χ0v) is 16.7. The molecule has 1 aromatic rings. The number of likely N-dealkylation sites (tertiary alicyclic amines) is 1. The summed E-state index contributed by atoms with van der Waals surface area (Å²) >= 11 is 2.00. The lowest BCUT2D eigenvalue weighted by Crippen LogP contribution is -2.43. The molecule has 2 aliphatic heterocycles. The highest BCUT2D eigenvalue weighted by Crippen LogP contribution is 2.20. The molecule has 4 nitrogen and oxygen atoms in total. The Kier molecular flexibility index (Phi) is 7.98. The van der Waals surface area contributed by atoms with Gasteiger partial charge in [0.05, 0.1) is 6.54 Å². The smallest absolute Gasteiger partial charge is 0.191 e. The largest absolute Gasteiger partial charge is 0.370 e. The van der Waals surface area contributed by atoms with Gasteiger partial charge in [-0.3, -0.25) is 9.89 Å². The van der Waals surface area contributed by atoms with E-state index in [-0.39, 0.29) is 24.0 Å². The van der Waals surface area contributed by atoms with Crippen molar-refractivity contribution in [1.29, 1.82) is 0 Å². The summed E-state index contributed by atoms with van der Waals surface area (Å²) in [6.45, 7) is 5.12. The van der Waals surface area contributed by atoms with E-state index < -0.39 is 0 Å². The van der Waals surface area contributed by atoms with E-state index in [0.29, 0.717) is 6.04 Å². The molecule has 1 unspecified atom stereocenters. The predicted octanol–water partition coefficient (Wildman–Crippen LogP) is 2.63. The number of guanidine groups is 1. The molecule has 1 aromatic carbocycles. The highest BCUT2D eigenvalue weighted by atomic mass is 127. The first-order chi connectivity index (χ1) is 10.8. The van der Waals surface area contributed by atoms with Crippen molar-refractivity contribution >= 4 is 41.7 Å². The van der Waals surface area contributed by atoms with Gasteiger partial charge in [0.1, 0.15) is 0 Å². The van der Waals surface area contributed by atoms with Gasteiger partial charge in [-0.25, -0.2) is 0 Å². The molecule has 6 heteroatoms. The van der Waals surface area contributed by atoms with Crippen LogP contribution in [0.3, 0.4) is 0 Å². The van der Waals surface area contributed by atoms with Crippen LogP contribution >= 0.6 is 35.7 Å². The average molecular weight is 446 g/mol. The molecule has 2 fully saturated rings. The minimum absolute atomic E-state index is 0. The molecule has 23 heavy (non-hydrogen) atoms. The van der Waals surface area contributed by atoms with Crippen LogP contribution in [0.1, 0.15) is 18.4 Å². The standard InChI is InChI=1S/C17H26N4S.HI/c18-17(20-9-11-22-12-10-20)19-13-16-7-4-8-21(16)14-15-5-2-1-3-6-15;/h1-3,5-6,16H,4,7-14H2,(H2,18,19);1H. The zero-order chi connectivity index (χ0) is 15.2. The quantitative estimate of drug-likeness (QED) is 0.439. The van der Waals surface area contributed by atoms with Crippen LogP contribution in [0.2, 0.25) is 0 Å². The average Bonchev–Trinajstić information content (AvgIpc) is 3.01. The van der Waals surface area contributed by atoms with E-state index in [2.05, 4.69) is 40.1 Å². The maximum Gasteiger partial charge on any atom is 0.191 e. The van der Waals surface area contributed by atoms with Crippen molar-refractivity contribution in [3.8, 4) is 0 Å². The first kappa shape index (κ1) is 18.9. The van der Waals surface area contributed by atoms with Crippen LogP contribution in [-0.2, 0) is 6.54 Å². The van der Waals surface area contributed by atoms with Gasteiger partial charge >= 0.3 is 0 Å². The van der Waals surface area contributed by atoms with Gasteiger partial charge < -0.3 is 10.6 Å². The van der Waals surface area contributed by atoms with Crippen LogP contribution in [-0.4, -0.2) is 59.5 Å². The summed E-state index contributed by atoms with van der Waals surface area (Å²) in [5.41, 5.74) is 7.56. The molecule has 0 amide bonds. The molecule has 1 atom stereocenters. The highest BCUT2D eigenvalue weighted by Gasteiger charge is 2.24. The molecule has 0 saturated carbocycles. The van der Waals surface area contributed by atoms with Crippen molar-refractivity contribution in [2.75, 3.05) is 37.7 Å². The number of thioether (sulfide) groups is 1. The molecule has 0 spiro atoms. The molecule has 2 heterocycles. The molecular weight excluding hydrogens is 419 g/mol. The van der Waals surface area contributed by atoms with E-state index >= 15 is 0 Å². The van der Waals surface area contributed by atoms with Gasteiger partial charge in [0.15, 0.2) is 5.96 Å². The molecule has 2 saturated heterocycles. The van der Waals surface area contributed by atoms with Crippen LogP contribution in [0.15, 0.2) is 35.3 Å². The van der Waals surface area contributed by atoms with Gasteiger partial charge in [0.25, 0.3) is 0 Å². The van der Waals surface area contributed by atoms with Gasteiger partial charge in [0.2, 0.25) is 0 Å². The molecule has 3 rings (SSSR count). The third-order valence-corrected chi connectivity index (χ3v) is 5.47. The van der Waals surface area contributed by atoms with E-state index in [1.54, 1.807) is 0 Å². The third-order valence-electron chi connectivity index (χ3n) is 4.53. The van der Waals surface area contributed by atoms with Crippen LogP contribution in [0.25, 0.3) is 0 Å². The Hall–Kier alpha value is -0.470. The number of benzene rings is 1. The molecule has 2 N–H and O–H groups in total. The topological polar surface area (TPSA) is 44.9 Å². The van der Waals surface area contributed by atoms with Crippen LogP contribution in [0.4, 0.5) is 0 Å². The fourth-order valence-electron chi connectivity index (χ4n) is 3.22. The van der Waals surface area contributed by atoms with Crippen molar-refractivity contribution in [1.82, 2.24) is 9.80 Å². The molecule has 0 aliphatic carbocycles. The summed E-state index contributed by atoms with van der Waals surface area (Å²) in [7, 11) is 0. The maximum atomic E-state index is 6.17. The second kappa shape index (κ2) is 9.74. The van der Waals surface area contributed by atoms with Crippen molar-refractivity contribution in [2.45, 2.75) is 25.4 Å². The minimum Gasteiger partial charge on any atom is -0.370 e. The van der Waals surface area contributed by atoms with Crippen LogP contribution < -0.4 is 5.73 Å². The monoisotopic (exact) mass is 446 g/mol. The molecule has 0 radical (unpaired) electrons. The Balaban J connectivity index is 0.00000192. The molecule has 128 valence electrons. The fraction of sp³-hybridized carbons (Fsp3) is 0.588. The fourth-order valence-corrected chi connectivity index (χ4v) is 4.12. The summed E-state index contributed by atoms with van der Waals surface area (Å²) in [5.74, 6) is 3.08. The van der Waals surface area contributed by atoms with E-state index in [1.807, 2.05) is 11.8 Å². The Morgan fingerprint density at radius 1 is 1.17 bits per heavy atom. The number of halogens is 1. The molecule has 0 bridgehead atoms. The van der Waals surface area contributed by atoms with Crippen molar-refractivity contribution < 1.29 is 0 Å². The number of nitrogens with two attached hydrogens (primary N) is 1. The second-order valence-corrected chi connectivity index (χ2v) is 7.28. The molecule has 2 aliphatic rings. The van der Waals surface area contributed by atoms with Crippen molar-refractivity contribution in [2.24, 2.45) is 10.7 Å². The normalized spacial score (nSPS) is 22.9. The first-order valence-corrected chi connectivity index (χ1v) is 9.39. The lowest BCUT2D eigenvalue weighted by Gasteiger charge is -2.28. The molecule has 0 aromatic heterocycles. The lowest BCUT2D eigenvalue weighted by atomic mass is 10.2. The van der Waals surface area contributed by atoms with E-state index in [9.17, 15) is 0 Å². The summed E-state index contributed by atoms with van der Waals surface area (Å²) < 4.78 is 0. The van der Waals surface area contributed by atoms with E-state index in [1.165, 1.54) is 36.5 Å². The van der Waals surface area contributed by atoms with E-state index in [0.717, 1.165) is 32.1 Å². The van der Waals surface area contributed by atoms with Gasteiger partial charge in [-0.05, 0) is 24.9 Å². The molecular formula is C17H27IN4S. The lowest BCUT2D eigenvalue weighted by molar-refractivity contribution is 0.250. The number of aliphatic imine (C=N–C) groups is 1. The third kappa shape index (κ3) is 5.53. The summed E-state index contributed by atoms with van der Waals surface area (Å²) in [6.07, 6.45) is 2.51.